The van der Waals surface area contributed by atoms with Crippen LogP contribution in [0.5, 0.6) is 0 Å². The highest BCUT2D eigenvalue weighted by Gasteiger charge is 2.19. The maximum atomic E-state index is 12.8. The minimum atomic E-state index is -0.496. The van der Waals surface area contributed by atoms with E-state index in [0.717, 1.165) is 5.56 Å². The Labute approximate surface area is 169 Å². The Hall–Kier alpha value is -4.48. The van der Waals surface area contributed by atoms with E-state index in [4.69, 9.17) is 0 Å². The van der Waals surface area contributed by atoms with Crippen LogP contribution in [0.15, 0.2) is 48.8 Å². The highest BCUT2D eigenvalue weighted by Crippen LogP contribution is 2.21. The third-order valence-corrected chi connectivity index (χ3v) is 4.48. The van der Waals surface area contributed by atoms with Gasteiger partial charge in [-0.1, -0.05) is 17.3 Å². The van der Waals surface area contributed by atoms with Gasteiger partial charge in [-0.15, -0.1) is 10.2 Å². The first-order valence-corrected chi connectivity index (χ1v) is 8.76. The van der Waals surface area contributed by atoms with E-state index in [1.165, 1.54) is 27.8 Å². The number of benzene rings is 2. The van der Waals surface area contributed by atoms with Gasteiger partial charge in [-0.2, -0.15) is 0 Å². The molecule has 4 rings (SSSR count). The lowest BCUT2D eigenvalue weighted by molar-refractivity contribution is -0.384. The normalized spacial score (nSPS) is 10.7. The molecule has 0 saturated carbocycles. The van der Waals surface area contributed by atoms with Crippen molar-refractivity contribution in [2.45, 2.75) is 13.8 Å². The van der Waals surface area contributed by atoms with Crippen molar-refractivity contribution in [3.63, 3.8) is 0 Å². The van der Waals surface area contributed by atoms with E-state index in [-0.39, 0.29) is 11.4 Å². The number of amides is 1. The number of tetrazole rings is 1. The van der Waals surface area contributed by atoms with Crippen molar-refractivity contribution in [2.75, 3.05) is 5.32 Å². The van der Waals surface area contributed by atoms with Crippen molar-refractivity contribution < 1.29 is 9.72 Å². The quantitative estimate of drug-likeness (QED) is 0.392. The Morgan fingerprint density at radius 3 is 2.67 bits per heavy atom. The monoisotopic (exact) mass is 405 g/mol. The smallest absolute Gasteiger partial charge is 0.278 e. The molecule has 0 spiro atoms. The Morgan fingerprint density at radius 1 is 1.10 bits per heavy atom. The largest absolute Gasteiger partial charge is 0.320 e. The van der Waals surface area contributed by atoms with E-state index in [0.29, 0.717) is 22.8 Å². The van der Waals surface area contributed by atoms with Crippen molar-refractivity contribution in [1.82, 2.24) is 35.2 Å². The number of non-ortho nitro benzene ring substituents is 1. The molecule has 12 heteroatoms. The average Bonchev–Trinajstić information content (AvgIpc) is 3.40. The van der Waals surface area contributed by atoms with Crippen LogP contribution in [0.1, 0.15) is 21.7 Å². The fraction of sp³-hybridized carbons (Fsp3) is 0.111. The second-order valence-electron chi connectivity index (χ2n) is 6.42. The summed E-state index contributed by atoms with van der Waals surface area (Å²) in [5.41, 5.74) is 2.99. The van der Waals surface area contributed by atoms with Crippen LogP contribution in [0.4, 0.5) is 11.4 Å². The van der Waals surface area contributed by atoms with Gasteiger partial charge >= 0.3 is 0 Å². The topological polar surface area (TPSA) is 147 Å². The van der Waals surface area contributed by atoms with Crippen LogP contribution >= 0.6 is 0 Å². The van der Waals surface area contributed by atoms with Gasteiger partial charge in [0.05, 0.1) is 22.0 Å². The molecule has 0 aliphatic heterocycles. The maximum absolute atomic E-state index is 12.8. The van der Waals surface area contributed by atoms with E-state index < -0.39 is 10.8 Å². The number of nitrogens with zero attached hydrogens (tertiary/aromatic N) is 8. The summed E-state index contributed by atoms with van der Waals surface area (Å²) in [6.07, 6.45) is 1.45. The van der Waals surface area contributed by atoms with Gasteiger partial charge in [0, 0.05) is 17.8 Å². The van der Waals surface area contributed by atoms with E-state index in [1.54, 1.807) is 25.1 Å². The molecule has 0 saturated heterocycles. The number of anilines is 1. The molecule has 0 radical (unpaired) electrons. The molecular weight excluding hydrogens is 390 g/mol. The molecule has 0 atom stereocenters. The number of aromatic nitrogens is 7. The molecule has 0 fully saturated rings. The van der Waals surface area contributed by atoms with E-state index in [1.807, 2.05) is 19.1 Å². The molecule has 2 heterocycles. The third kappa shape index (κ3) is 3.48. The van der Waals surface area contributed by atoms with Crippen molar-refractivity contribution in [3.05, 3.63) is 75.9 Å². The van der Waals surface area contributed by atoms with Gasteiger partial charge in [-0.05, 0) is 48.0 Å². The molecule has 1 amide bonds. The van der Waals surface area contributed by atoms with Gasteiger partial charge in [0.25, 0.3) is 11.6 Å². The van der Waals surface area contributed by atoms with Gasteiger partial charge in [0.15, 0.2) is 5.69 Å². The first-order chi connectivity index (χ1) is 14.4. The summed E-state index contributed by atoms with van der Waals surface area (Å²) in [7, 11) is 0. The van der Waals surface area contributed by atoms with Crippen LogP contribution in [0.2, 0.25) is 0 Å². The molecule has 2 aromatic carbocycles. The summed E-state index contributed by atoms with van der Waals surface area (Å²) in [6, 6.07) is 11.3. The molecule has 1 N–H and O–H groups in total. The summed E-state index contributed by atoms with van der Waals surface area (Å²) >= 11 is 0. The SMILES string of the molecule is Cc1ccc(-n2cnnn2)cc1NC(=O)c1nnn(-c2cccc([N+](=O)[O-])c2)c1C. The van der Waals surface area contributed by atoms with Crippen LogP contribution < -0.4 is 5.32 Å². The Kier molecular flexibility index (Phi) is 4.72. The predicted octanol–water partition coefficient (Wildman–Crippen LogP) is 2.02. The number of hydrogen-bond acceptors (Lipinski definition) is 8. The summed E-state index contributed by atoms with van der Waals surface area (Å²) in [5.74, 6) is -0.457. The van der Waals surface area contributed by atoms with Gasteiger partial charge in [0.2, 0.25) is 0 Å². The molecule has 30 heavy (non-hydrogen) atoms. The number of aryl methyl sites for hydroxylation is 1. The van der Waals surface area contributed by atoms with Crippen LogP contribution in [0.3, 0.4) is 0 Å². The molecule has 150 valence electrons. The standard InChI is InChI=1S/C18H15N9O3/c1-11-6-7-13(25-10-19-22-24-25)9-16(11)20-18(28)17-12(2)26(23-21-17)14-4-3-5-15(8-14)27(29)30/h3-10H,1-2H3,(H,20,28). The van der Waals surface area contributed by atoms with Crippen LogP contribution in [-0.4, -0.2) is 46.0 Å². The number of nitrogens with one attached hydrogen (secondary N) is 1. The van der Waals surface area contributed by atoms with Crippen LogP contribution in [0, 0.1) is 24.0 Å². The zero-order chi connectivity index (χ0) is 21.3. The molecule has 2 aromatic heterocycles. The van der Waals surface area contributed by atoms with E-state index in [2.05, 4.69) is 31.2 Å². The van der Waals surface area contributed by atoms with Gasteiger partial charge in [0.1, 0.15) is 6.33 Å². The third-order valence-electron chi connectivity index (χ3n) is 4.48. The van der Waals surface area contributed by atoms with Crippen LogP contribution in [0.25, 0.3) is 11.4 Å². The maximum Gasteiger partial charge on any atom is 0.278 e. The highest BCUT2D eigenvalue weighted by atomic mass is 16.6. The lowest BCUT2D eigenvalue weighted by Crippen LogP contribution is -2.15. The second kappa shape index (κ2) is 7.50. The summed E-state index contributed by atoms with van der Waals surface area (Å²) in [6.45, 7) is 3.52. The molecule has 0 unspecified atom stereocenters. The number of nitro benzene ring substituents is 1. The average molecular weight is 405 g/mol. The summed E-state index contributed by atoms with van der Waals surface area (Å²) in [5, 5.41) is 32.8. The van der Waals surface area contributed by atoms with Crippen molar-refractivity contribution in [2.24, 2.45) is 0 Å². The summed E-state index contributed by atoms with van der Waals surface area (Å²) < 4.78 is 2.85. The molecule has 12 nitrogen and oxygen atoms in total. The second-order valence-corrected chi connectivity index (χ2v) is 6.42. The number of rotatable bonds is 5. The Balaban J connectivity index is 1.62. The fourth-order valence-corrected chi connectivity index (χ4v) is 2.87. The van der Waals surface area contributed by atoms with Gasteiger partial charge < -0.3 is 5.32 Å². The first kappa shape index (κ1) is 18.9. The van der Waals surface area contributed by atoms with Crippen molar-refractivity contribution in [3.8, 4) is 11.4 Å². The minimum absolute atomic E-state index is 0.0801. The lowest BCUT2D eigenvalue weighted by Gasteiger charge is -2.10. The highest BCUT2D eigenvalue weighted by molar-refractivity contribution is 6.04. The van der Waals surface area contributed by atoms with E-state index in [9.17, 15) is 14.9 Å². The molecule has 0 bridgehead atoms. The zero-order valence-corrected chi connectivity index (χ0v) is 15.9. The summed E-state index contributed by atoms with van der Waals surface area (Å²) in [4.78, 5) is 23.3. The molecule has 4 aromatic rings. The molecular formula is C18H15N9O3. The number of carbonyl (C=O) groups is 1. The van der Waals surface area contributed by atoms with Gasteiger partial charge in [-0.3, -0.25) is 14.9 Å². The lowest BCUT2D eigenvalue weighted by atomic mass is 10.1. The number of nitro groups is 1. The minimum Gasteiger partial charge on any atom is -0.320 e. The predicted molar refractivity (Wildman–Crippen MR) is 105 cm³/mol. The fourth-order valence-electron chi connectivity index (χ4n) is 2.87. The molecule has 0 aliphatic rings. The molecule has 0 aliphatic carbocycles. The van der Waals surface area contributed by atoms with Crippen molar-refractivity contribution in [1.29, 1.82) is 0 Å². The number of hydrogen-bond donors (Lipinski definition) is 1. The Morgan fingerprint density at radius 2 is 1.93 bits per heavy atom. The number of carbonyl (C=O) groups excluding carboxylic acids is 1. The van der Waals surface area contributed by atoms with Gasteiger partial charge in [-0.25, -0.2) is 9.36 Å². The van der Waals surface area contributed by atoms with Crippen LogP contribution in [-0.2, 0) is 0 Å². The Bertz CT molecular complexity index is 1250. The first-order valence-electron chi connectivity index (χ1n) is 8.76. The van der Waals surface area contributed by atoms with E-state index >= 15 is 0 Å². The zero-order valence-electron chi connectivity index (χ0n) is 15.9. The van der Waals surface area contributed by atoms with Crippen molar-refractivity contribution >= 4 is 17.3 Å².